The molecule has 0 N–H and O–H groups in total. The molecule has 0 aromatic heterocycles. The Morgan fingerprint density at radius 3 is 2.23 bits per heavy atom. The molecule has 13 heavy (non-hydrogen) atoms. The third kappa shape index (κ3) is 3.23. The van der Waals surface area contributed by atoms with E-state index in [1.54, 1.807) is 0 Å². The Morgan fingerprint density at radius 2 is 1.85 bits per heavy atom. The fraction of sp³-hybridized carbons (Fsp3) is 0.364. The lowest BCUT2D eigenvalue weighted by Gasteiger charge is -2.04. The van der Waals surface area contributed by atoms with Crippen molar-refractivity contribution in [1.29, 1.82) is 0 Å². The lowest BCUT2D eigenvalue weighted by Crippen LogP contribution is -1.95. The van der Waals surface area contributed by atoms with Crippen molar-refractivity contribution < 1.29 is 4.79 Å². The van der Waals surface area contributed by atoms with E-state index >= 15 is 0 Å². The maximum atomic E-state index is 10.8. The molecule has 0 fully saturated rings. The van der Waals surface area contributed by atoms with Crippen molar-refractivity contribution in [2.45, 2.75) is 20.3 Å². The van der Waals surface area contributed by atoms with Crippen LogP contribution in [0.3, 0.4) is 0 Å². The molecule has 0 aliphatic rings. The summed E-state index contributed by atoms with van der Waals surface area (Å²) in [5.74, 6) is 0.651. The monoisotopic (exact) mass is 194 g/mol. The van der Waals surface area contributed by atoms with Gasteiger partial charge < -0.3 is 0 Å². The van der Waals surface area contributed by atoms with Crippen molar-refractivity contribution in [3.63, 3.8) is 0 Å². The minimum absolute atomic E-state index is 0.170. The van der Waals surface area contributed by atoms with E-state index < -0.39 is 0 Å². The lowest BCUT2D eigenvalue weighted by atomic mass is 10.0. The predicted molar refractivity (Wildman–Crippen MR) is 58.3 cm³/mol. The van der Waals surface area contributed by atoms with Gasteiger partial charge in [-0.15, -0.1) is 12.6 Å². The number of thiol groups is 1. The van der Waals surface area contributed by atoms with Gasteiger partial charge in [-0.25, -0.2) is 0 Å². The number of benzene rings is 1. The highest BCUT2D eigenvalue weighted by Gasteiger charge is 2.00. The second-order valence-electron chi connectivity index (χ2n) is 3.60. The van der Waals surface area contributed by atoms with E-state index in [1.165, 1.54) is 5.56 Å². The zero-order chi connectivity index (χ0) is 9.84. The largest absolute Gasteiger partial charge is 0.282 e. The third-order valence-electron chi connectivity index (χ3n) is 1.84. The number of carbonyl (C=O) groups excluding carboxylic acids is 1. The number of rotatable bonds is 3. The van der Waals surface area contributed by atoms with Crippen molar-refractivity contribution in [2.75, 3.05) is 0 Å². The molecule has 0 aliphatic heterocycles. The van der Waals surface area contributed by atoms with Crippen LogP contribution in [0.4, 0.5) is 0 Å². The Kier molecular flexibility index (Phi) is 3.55. The zero-order valence-corrected chi connectivity index (χ0v) is 8.84. The molecule has 1 rings (SSSR count). The molecule has 1 nitrogen and oxygen atoms in total. The quantitative estimate of drug-likeness (QED) is 0.732. The Hall–Kier alpha value is -0.760. The highest BCUT2D eigenvalue weighted by atomic mass is 32.1. The number of carbonyl (C=O) groups is 1. The molecule has 0 heterocycles. The Balaban J connectivity index is 2.75. The summed E-state index contributed by atoms with van der Waals surface area (Å²) in [6, 6.07) is 7.63. The highest BCUT2D eigenvalue weighted by Crippen LogP contribution is 2.10. The van der Waals surface area contributed by atoms with E-state index in [9.17, 15) is 4.79 Å². The summed E-state index contributed by atoms with van der Waals surface area (Å²) in [5, 5.41) is -0.170. The Labute approximate surface area is 84.6 Å². The number of hydrogen-bond acceptors (Lipinski definition) is 1. The summed E-state index contributed by atoms with van der Waals surface area (Å²) in [6.07, 6.45) is 1.06. The topological polar surface area (TPSA) is 17.1 Å². The first kappa shape index (κ1) is 10.3. The molecule has 1 aromatic carbocycles. The Morgan fingerprint density at radius 1 is 1.31 bits per heavy atom. The molecule has 0 unspecified atom stereocenters. The first-order chi connectivity index (χ1) is 6.09. The second kappa shape index (κ2) is 4.47. The van der Waals surface area contributed by atoms with Gasteiger partial charge in [-0.1, -0.05) is 38.1 Å². The fourth-order valence-electron chi connectivity index (χ4n) is 1.25. The first-order valence-corrected chi connectivity index (χ1v) is 4.86. The minimum Gasteiger partial charge on any atom is -0.282 e. The van der Waals surface area contributed by atoms with Gasteiger partial charge in [0.1, 0.15) is 0 Å². The van der Waals surface area contributed by atoms with E-state index in [4.69, 9.17) is 0 Å². The van der Waals surface area contributed by atoms with Crippen LogP contribution in [0.25, 0.3) is 0 Å². The first-order valence-electron chi connectivity index (χ1n) is 4.42. The van der Waals surface area contributed by atoms with E-state index in [0.717, 1.165) is 6.42 Å². The van der Waals surface area contributed by atoms with Crippen LogP contribution in [-0.2, 0) is 6.42 Å². The van der Waals surface area contributed by atoms with Crippen LogP contribution in [0.5, 0.6) is 0 Å². The van der Waals surface area contributed by atoms with Gasteiger partial charge in [0, 0.05) is 5.56 Å². The van der Waals surface area contributed by atoms with Crippen LogP contribution < -0.4 is 0 Å². The van der Waals surface area contributed by atoms with E-state index in [0.29, 0.717) is 11.5 Å². The van der Waals surface area contributed by atoms with Crippen LogP contribution in [0.15, 0.2) is 24.3 Å². The van der Waals surface area contributed by atoms with Gasteiger partial charge in [0.05, 0.1) is 0 Å². The highest BCUT2D eigenvalue weighted by molar-refractivity contribution is 7.97. The molecule has 2 heteroatoms. The van der Waals surface area contributed by atoms with Gasteiger partial charge in [0.15, 0.2) is 0 Å². The maximum Gasteiger partial charge on any atom is 0.216 e. The molecule has 0 atom stereocenters. The van der Waals surface area contributed by atoms with Crippen molar-refractivity contribution in [1.82, 2.24) is 0 Å². The number of hydrogen-bond donors (Lipinski definition) is 1. The van der Waals surface area contributed by atoms with E-state index in [2.05, 4.69) is 26.5 Å². The van der Waals surface area contributed by atoms with Crippen LogP contribution in [-0.4, -0.2) is 5.12 Å². The van der Waals surface area contributed by atoms with Gasteiger partial charge in [-0.3, -0.25) is 4.79 Å². The standard InChI is InChI=1S/C11H14OS/c1-8(2)7-9-3-5-10(6-4-9)11(12)13/h3-6,8H,7H2,1-2H3,(H,12,13). The van der Waals surface area contributed by atoms with Gasteiger partial charge in [0.2, 0.25) is 5.12 Å². The van der Waals surface area contributed by atoms with Gasteiger partial charge in [-0.05, 0) is 17.9 Å². The van der Waals surface area contributed by atoms with Crippen molar-refractivity contribution in [2.24, 2.45) is 5.92 Å². The molecule has 0 radical (unpaired) electrons. The van der Waals surface area contributed by atoms with E-state index in [1.807, 2.05) is 24.3 Å². The minimum atomic E-state index is -0.170. The fourth-order valence-corrected chi connectivity index (χ4v) is 1.40. The normalized spacial score (nSPS) is 10.5. The van der Waals surface area contributed by atoms with Gasteiger partial charge in [-0.2, -0.15) is 0 Å². The van der Waals surface area contributed by atoms with Gasteiger partial charge >= 0.3 is 0 Å². The predicted octanol–water partition coefficient (Wildman–Crippen LogP) is 2.96. The molecule has 70 valence electrons. The van der Waals surface area contributed by atoms with Crippen LogP contribution >= 0.6 is 12.6 Å². The summed E-state index contributed by atoms with van der Waals surface area (Å²) >= 11 is 3.75. The summed E-state index contributed by atoms with van der Waals surface area (Å²) < 4.78 is 0. The average Bonchev–Trinajstić information content (AvgIpc) is 2.04. The smallest absolute Gasteiger partial charge is 0.216 e. The molecule has 0 amide bonds. The molecular weight excluding hydrogens is 180 g/mol. The van der Waals surface area contributed by atoms with Crippen molar-refractivity contribution in [3.05, 3.63) is 35.4 Å². The second-order valence-corrected chi connectivity index (χ2v) is 4.01. The summed E-state index contributed by atoms with van der Waals surface area (Å²) in [6.45, 7) is 4.36. The SMILES string of the molecule is CC(C)Cc1ccc(C(=O)S)cc1. The molecule has 0 saturated heterocycles. The van der Waals surface area contributed by atoms with Crippen LogP contribution in [0.1, 0.15) is 29.8 Å². The lowest BCUT2D eigenvalue weighted by molar-refractivity contribution is 0.109. The third-order valence-corrected chi connectivity index (χ3v) is 2.10. The summed E-state index contributed by atoms with van der Waals surface area (Å²) in [4.78, 5) is 10.8. The maximum absolute atomic E-state index is 10.8. The summed E-state index contributed by atoms with van der Waals surface area (Å²) in [7, 11) is 0. The van der Waals surface area contributed by atoms with E-state index in [-0.39, 0.29) is 5.12 Å². The molecule has 1 aromatic rings. The molecule has 0 bridgehead atoms. The van der Waals surface area contributed by atoms with Crippen molar-refractivity contribution in [3.8, 4) is 0 Å². The van der Waals surface area contributed by atoms with Gasteiger partial charge in [0.25, 0.3) is 0 Å². The summed E-state index contributed by atoms with van der Waals surface area (Å²) in [5.41, 5.74) is 1.93. The van der Waals surface area contributed by atoms with Crippen LogP contribution in [0, 0.1) is 5.92 Å². The Bertz CT molecular complexity index is 287. The molecule has 0 aliphatic carbocycles. The molecule has 0 saturated carbocycles. The average molecular weight is 194 g/mol. The zero-order valence-electron chi connectivity index (χ0n) is 7.95. The van der Waals surface area contributed by atoms with Crippen LogP contribution in [0.2, 0.25) is 0 Å². The molecule has 0 spiro atoms. The molecular formula is C11H14OS. The van der Waals surface area contributed by atoms with Crippen molar-refractivity contribution >= 4 is 17.7 Å².